The Kier molecular flexibility index (Phi) is 4.10. The number of nitrogens with zero attached hydrogens (tertiary/aromatic N) is 1. The second-order valence-electron chi connectivity index (χ2n) is 8.48. The van der Waals surface area contributed by atoms with Crippen LogP contribution in [0.5, 0.6) is 5.75 Å². The predicted octanol–water partition coefficient (Wildman–Crippen LogP) is 2.94. The highest BCUT2D eigenvalue weighted by molar-refractivity contribution is 6.63. The van der Waals surface area contributed by atoms with Crippen molar-refractivity contribution in [3.63, 3.8) is 0 Å². The normalized spacial score (nSPS) is 24.3. The van der Waals surface area contributed by atoms with Crippen LogP contribution in [-0.2, 0) is 9.31 Å². The lowest BCUT2D eigenvalue weighted by molar-refractivity contribution is 0.00578. The number of hydrogen-bond donors (Lipinski definition) is 0. The number of rotatable bonds is 1. The van der Waals surface area contributed by atoms with Crippen LogP contribution in [0.1, 0.15) is 56.5 Å². The summed E-state index contributed by atoms with van der Waals surface area (Å²) < 4.78 is 18.5. The second-order valence-corrected chi connectivity index (χ2v) is 8.86. The molecule has 0 aromatic heterocycles. The summed E-state index contributed by atoms with van der Waals surface area (Å²) in [4.78, 5) is 14.9. The number of carbonyl (C=O) groups is 1. The zero-order valence-electron chi connectivity index (χ0n) is 16.0. The van der Waals surface area contributed by atoms with E-state index in [-0.39, 0.29) is 12.0 Å². The van der Waals surface area contributed by atoms with Crippen molar-refractivity contribution in [2.75, 3.05) is 13.1 Å². The highest BCUT2D eigenvalue weighted by Crippen LogP contribution is 2.40. The van der Waals surface area contributed by atoms with Crippen LogP contribution in [0, 0.1) is 6.92 Å². The maximum Gasteiger partial charge on any atom is 0.495 e. The number of halogens is 1. The first kappa shape index (κ1) is 18.1. The van der Waals surface area contributed by atoms with Gasteiger partial charge in [0.25, 0.3) is 5.91 Å². The summed E-state index contributed by atoms with van der Waals surface area (Å²) in [6.45, 7) is 11.4. The standard InChI is InChI=1S/C19H25BClNO4/c1-11-14(20-25-18(2,3)19(4,5)26-20)10-13-16(15(11)21)24-12-6-8-22(9-7-12)17(13)23/h10,12H,6-9H2,1-5H3. The van der Waals surface area contributed by atoms with Crippen LogP contribution in [0.25, 0.3) is 0 Å². The van der Waals surface area contributed by atoms with E-state index in [4.69, 9.17) is 25.6 Å². The molecule has 1 aromatic rings. The summed E-state index contributed by atoms with van der Waals surface area (Å²) in [5, 5.41) is 0.481. The lowest BCUT2D eigenvalue weighted by Crippen LogP contribution is -2.45. The Balaban J connectivity index is 1.81. The summed E-state index contributed by atoms with van der Waals surface area (Å²) in [6.07, 6.45) is 1.80. The molecule has 0 aliphatic carbocycles. The van der Waals surface area contributed by atoms with E-state index >= 15 is 0 Å². The van der Waals surface area contributed by atoms with Gasteiger partial charge in [0, 0.05) is 25.9 Å². The van der Waals surface area contributed by atoms with E-state index in [0.717, 1.165) is 37.0 Å². The molecule has 4 aliphatic rings. The minimum atomic E-state index is -0.562. The Bertz CT molecular complexity index is 755. The lowest BCUT2D eigenvalue weighted by atomic mass is 9.75. The molecule has 2 saturated heterocycles. The van der Waals surface area contributed by atoms with Crippen molar-refractivity contribution in [2.45, 2.75) is 64.8 Å². The van der Waals surface area contributed by atoms with Crippen molar-refractivity contribution >= 4 is 30.1 Å². The molecule has 0 radical (unpaired) electrons. The van der Waals surface area contributed by atoms with Gasteiger partial charge in [-0.1, -0.05) is 11.6 Å². The molecule has 0 N–H and O–H groups in total. The van der Waals surface area contributed by atoms with E-state index in [0.29, 0.717) is 16.3 Å². The third-order valence-corrected chi connectivity index (χ3v) is 6.71. The summed E-state index contributed by atoms with van der Waals surface area (Å²) in [6, 6.07) is 1.85. The zero-order chi connectivity index (χ0) is 18.9. The highest BCUT2D eigenvalue weighted by Gasteiger charge is 2.52. The molecule has 5 rings (SSSR count). The molecule has 7 heteroatoms. The first-order valence-corrected chi connectivity index (χ1v) is 9.63. The van der Waals surface area contributed by atoms with Crippen LogP contribution in [0.15, 0.2) is 6.07 Å². The Labute approximate surface area is 160 Å². The van der Waals surface area contributed by atoms with Gasteiger partial charge >= 0.3 is 7.12 Å². The zero-order valence-corrected chi connectivity index (χ0v) is 16.8. The van der Waals surface area contributed by atoms with Gasteiger partial charge < -0.3 is 18.9 Å². The van der Waals surface area contributed by atoms with Gasteiger partial charge in [-0.15, -0.1) is 0 Å². The molecule has 2 fully saturated rings. The number of hydrogen-bond acceptors (Lipinski definition) is 4. The molecule has 26 heavy (non-hydrogen) atoms. The quantitative estimate of drug-likeness (QED) is 0.706. The molecule has 5 nitrogen and oxygen atoms in total. The minimum Gasteiger partial charge on any atom is -0.488 e. The van der Waals surface area contributed by atoms with Crippen LogP contribution in [-0.4, -0.2) is 48.3 Å². The van der Waals surface area contributed by atoms with Gasteiger partial charge in [-0.25, -0.2) is 0 Å². The lowest BCUT2D eigenvalue weighted by Gasteiger charge is -2.36. The van der Waals surface area contributed by atoms with Crippen molar-refractivity contribution in [1.82, 2.24) is 4.90 Å². The third kappa shape index (κ3) is 2.65. The van der Waals surface area contributed by atoms with E-state index < -0.39 is 18.3 Å². The average molecular weight is 378 g/mol. The van der Waals surface area contributed by atoms with Crippen LogP contribution in [0.3, 0.4) is 0 Å². The highest BCUT2D eigenvalue weighted by atomic mass is 35.5. The van der Waals surface area contributed by atoms with Crippen LogP contribution < -0.4 is 10.2 Å². The average Bonchev–Trinajstić information content (AvgIpc) is 2.78. The van der Waals surface area contributed by atoms with Crippen molar-refractivity contribution in [3.8, 4) is 5.75 Å². The number of piperidine rings is 1. The number of ether oxygens (including phenoxy) is 1. The second kappa shape index (κ2) is 5.88. The summed E-state index contributed by atoms with van der Waals surface area (Å²) in [5.41, 5.74) is 1.23. The van der Waals surface area contributed by atoms with E-state index in [2.05, 4.69) is 0 Å². The maximum absolute atomic E-state index is 13.0. The molecule has 1 amide bonds. The van der Waals surface area contributed by atoms with Gasteiger partial charge in [-0.3, -0.25) is 4.79 Å². The van der Waals surface area contributed by atoms with E-state index in [1.165, 1.54) is 0 Å². The van der Waals surface area contributed by atoms with Crippen molar-refractivity contribution < 1.29 is 18.8 Å². The fourth-order valence-corrected chi connectivity index (χ4v) is 4.00. The van der Waals surface area contributed by atoms with E-state index in [9.17, 15) is 4.79 Å². The molecule has 4 aliphatic heterocycles. The van der Waals surface area contributed by atoms with Gasteiger partial charge in [0.2, 0.25) is 0 Å². The SMILES string of the molecule is Cc1c(B2OC(C)(C)C(C)(C)O2)cc2c(c1Cl)OC1CCN(CC1)C2=O. The Morgan fingerprint density at radius 3 is 2.31 bits per heavy atom. The Morgan fingerprint density at radius 2 is 1.73 bits per heavy atom. The predicted molar refractivity (Wildman–Crippen MR) is 101 cm³/mol. The van der Waals surface area contributed by atoms with Gasteiger partial charge in [0.1, 0.15) is 6.10 Å². The van der Waals surface area contributed by atoms with Crippen molar-refractivity contribution in [1.29, 1.82) is 0 Å². The van der Waals surface area contributed by atoms with Crippen molar-refractivity contribution in [3.05, 3.63) is 22.2 Å². The van der Waals surface area contributed by atoms with Crippen LogP contribution >= 0.6 is 11.6 Å². The molecule has 1 aromatic carbocycles. The summed E-state index contributed by atoms with van der Waals surface area (Å²) in [7, 11) is -0.562. The molecule has 0 saturated carbocycles. The Morgan fingerprint density at radius 1 is 1.15 bits per heavy atom. The topological polar surface area (TPSA) is 48.0 Å². The van der Waals surface area contributed by atoms with Crippen LogP contribution in [0.4, 0.5) is 0 Å². The fourth-order valence-electron chi connectivity index (χ4n) is 3.75. The molecule has 0 unspecified atom stereocenters. The van der Waals surface area contributed by atoms with Gasteiger partial charge in [0.05, 0.1) is 21.8 Å². The van der Waals surface area contributed by atoms with Crippen molar-refractivity contribution in [2.24, 2.45) is 0 Å². The maximum atomic E-state index is 13.0. The first-order valence-electron chi connectivity index (χ1n) is 9.25. The molecule has 2 bridgehead atoms. The summed E-state index contributed by atoms with van der Waals surface area (Å²) >= 11 is 6.66. The molecule has 140 valence electrons. The van der Waals surface area contributed by atoms with Gasteiger partial charge in [-0.05, 0) is 51.7 Å². The first-order chi connectivity index (χ1) is 12.1. The largest absolute Gasteiger partial charge is 0.495 e. The number of benzene rings is 1. The molecule has 0 atom stereocenters. The molecular formula is C19H25BClNO4. The number of fused-ring (bicyclic) bond motifs is 2. The molecular weight excluding hydrogens is 352 g/mol. The number of amides is 1. The smallest absolute Gasteiger partial charge is 0.488 e. The third-order valence-electron chi connectivity index (χ3n) is 6.26. The number of carbonyl (C=O) groups excluding carboxylic acids is 1. The van der Waals surface area contributed by atoms with E-state index in [1.54, 1.807) is 0 Å². The molecule has 4 heterocycles. The Hall–Kier alpha value is -1.24. The van der Waals surface area contributed by atoms with Gasteiger partial charge in [0.15, 0.2) is 5.75 Å². The minimum absolute atomic E-state index is 0.0298. The van der Waals surface area contributed by atoms with Gasteiger partial charge in [-0.2, -0.15) is 0 Å². The monoisotopic (exact) mass is 377 g/mol. The van der Waals surface area contributed by atoms with E-state index in [1.807, 2.05) is 45.6 Å². The fraction of sp³-hybridized carbons (Fsp3) is 0.632. The summed E-state index contributed by atoms with van der Waals surface area (Å²) in [5.74, 6) is 0.474. The molecule has 0 spiro atoms. The van der Waals surface area contributed by atoms with Crippen LogP contribution in [0.2, 0.25) is 5.02 Å².